The Morgan fingerprint density at radius 3 is 1.82 bits per heavy atom. The van der Waals surface area contributed by atoms with Crippen LogP contribution in [0.5, 0.6) is 0 Å². The molecule has 2 aliphatic rings. The van der Waals surface area contributed by atoms with E-state index in [1.165, 1.54) is 74.3 Å². The largest absolute Gasteiger partial charge is 0.358 e. The third kappa shape index (κ3) is 10.1. The fourth-order valence-electron chi connectivity index (χ4n) is 4.50. The second-order valence-electron chi connectivity index (χ2n) is 12.3. The minimum absolute atomic E-state index is 0. The molecule has 0 amide bonds. The summed E-state index contributed by atoms with van der Waals surface area (Å²) in [6.07, 6.45) is 6.55. The second-order valence-corrected chi connectivity index (χ2v) is 12.3. The zero-order valence-electron chi connectivity index (χ0n) is 26.3. The van der Waals surface area contributed by atoms with Crippen molar-refractivity contribution in [2.75, 3.05) is 0 Å². The molecule has 3 aromatic carbocycles. The molecule has 0 N–H and O–H groups in total. The van der Waals surface area contributed by atoms with Crippen LogP contribution in [-0.4, -0.2) is 4.21 Å². The molecule has 0 aliphatic heterocycles. The number of hydrogen-bond donors (Lipinski definition) is 0. The van der Waals surface area contributed by atoms with E-state index >= 15 is 0 Å². The van der Waals surface area contributed by atoms with Crippen molar-refractivity contribution in [1.29, 1.82) is 0 Å². The van der Waals surface area contributed by atoms with Crippen LogP contribution >= 0.6 is 0 Å². The molecule has 39 heavy (non-hydrogen) atoms. The molecule has 2 aliphatic carbocycles. The minimum atomic E-state index is 0. The van der Waals surface area contributed by atoms with Crippen LogP contribution in [-0.2, 0) is 41.5 Å². The molecule has 1 heteroatoms. The molecule has 0 heterocycles. The molecular formula is C38H48Zr-4. The van der Waals surface area contributed by atoms with E-state index in [2.05, 4.69) is 128 Å². The van der Waals surface area contributed by atoms with Crippen LogP contribution in [0, 0.1) is 38.5 Å². The van der Waals surface area contributed by atoms with Crippen molar-refractivity contribution in [3.63, 3.8) is 0 Å². The van der Waals surface area contributed by atoms with Gasteiger partial charge in [-0.25, -0.2) is 11.1 Å². The predicted octanol–water partition coefficient (Wildman–Crippen LogP) is 10.2. The van der Waals surface area contributed by atoms with Crippen LogP contribution in [0.1, 0.15) is 90.1 Å². The van der Waals surface area contributed by atoms with Gasteiger partial charge in [-0.05, 0) is 28.4 Å². The van der Waals surface area contributed by atoms with Gasteiger partial charge in [-0.3, -0.25) is 6.08 Å². The van der Waals surface area contributed by atoms with E-state index in [-0.39, 0.29) is 18.3 Å². The van der Waals surface area contributed by atoms with Gasteiger partial charge in [0.25, 0.3) is 0 Å². The van der Waals surface area contributed by atoms with Crippen LogP contribution in [0.25, 0.3) is 11.1 Å². The third-order valence-electron chi connectivity index (χ3n) is 6.88. The molecule has 0 saturated heterocycles. The van der Waals surface area contributed by atoms with Gasteiger partial charge in [-0.1, -0.05) is 92.0 Å². The maximum atomic E-state index is 3.67. The average molecular weight is 596 g/mol. The van der Waals surface area contributed by atoms with Crippen LogP contribution in [0.4, 0.5) is 0 Å². The summed E-state index contributed by atoms with van der Waals surface area (Å²) < 4.78 is 3.34. The van der Waals surface area contributed by atoms with Gasteiger partial charge in [-0.2, -0.15) is 65.7 Å². The molecule has 0 fully saturated rings. The molecule has 208 valence electrons. The maximum Gasteiger partial charge on any atom is -0.358 e. The van der Waals surface area contributed by atoms with E-state index in [4.69, 9.17) is 0 Å². The number of allylic oxidation sites excluding steroid dienone is 4. The zero-order chi connectivity index (χ0) is 28.7. The minimum Gasteiger partial charge on any atom is -0.358 e. The van der Waals surface area contributed by atoms with Gasteiger partial charge in [0.1, 0.15) is 0 Å². The quantitative estimate of drug-likeness (QED) is 0.177. The molecule has 0 aromatic heterocycles. The molecule has 5 rings (SSSR count). The molecule has 0 saturated carbocycles. The summed E-state index contributed by atoms with van der Waals surface area (Å²) in [6, 6.07) is 26.0. The summed E-state index contributed by atoms with van der Waals surface area (Å²) in [4.78, 5) is 0. The summed E-state index contributed by atoms with van der Waals surface area (Å²) in [5, 5.41) is 0. The number of fused-ring (bicyclic) bond motifs is 3. The molecular weight excluding hydrogens is 548 g/mol. The summed E-state index contributed by atoms with van der Waals surface area (Å²) >= 11 is 1.30. The fourth-order valence-corrected chi connectivity index (χ4v) is 4.50. The monoisotopic (exact) mass is 594 g/mol. The second kappa shape index (κ2) is 15.0. The zero-order valence-corrected chi connectivity index (χ0v) is 28.7. The van der Waals surface area contributed by atoms with Crippen molar-refractivity contribution < 1.29 is 24.2 Å². The maximum absolute atomic E-state index is 3.67. The Labute approximate surface area is 256 Å². The molecule has 0 nitrogen and oxygen atoms in total. The van der Waals surface area contributed by atoms with Gasteiger partial charge in [0.05, 0.1) is 0 Å². The van der Waals surface area contributed by atoms with Crippen LogP contribution in [0.3, 0.4) is 0 Å². The Morgan fingerprint density at radius 2 is 1.41 bits per heavy atom. The van der Waals surface area contributed by atoms with Crippen molar-refractivity contribution >= 4 is 4.21 Å². The summed E-state index contributed by atoms with van der Waals surface area (Å²) in [5.74, 6) is 0.551. The van der Waals surface area contributed by atoms with Gasteiger partial charge in [0.2, 0.25) is 0 Å². The SMILES string of the molecule is CC(C)(C)c1[c-]c2c(cc1)-c1ccc(C(C)(C)C)cc1C2.CC1=[C-]C(C)C=C1C.Cc1cc[c-]cc1.[CH2]=[Zr].[CH3-]. The number of benzene rings is 3. The van der Waals surface area contributed by atoms with Crippen molar-refractivity contribution in [3.05, 3.63) is 125 Å². The van der Waals surface area contributed by atoms with Gasteiger partial charge in [0, 0.05) is 0 Å². The van der Waals surface area contributed by atoms with E-state index in [9.17, 15) is 0 Å². The Balaban J connectivity index is 0.000000347. The molecule has 0 spiro atoms. The van der Waals surface area contributed by atoms with Gasteiger partial charge in [-0.15, -0.1) is 18.1 Å². The van der Waals surface area contributed by atoms with Crippen LogP contribution in [0.15, 0.2) is 71.8 Å². The topological polar surface area (TPSA) is 0 Å². The first kappa shape index (κ1) is 34.9. The first-order valence-corrected chi connectivity index (χ1v) is 15.3. The first-order chi connectivity index (χ1) is 17.8. The Kier molecular flexibility index (Phi) is 13.5. The predicted molar refractivity (Wildman–Crippen MR) is 170 cm³/mol. The first-order valence-electron chi connectivity index (χ1n) is 13.5. The van der Waals surface area contributed by atoms with E-state index in [0.717, 1.165) is 6.42 Å². The van der Waals surface area contributed by atoms with E-state index in [1.54, 1.807) is 0 Å². The summed E-state index contributed by atoms with van der Waals surface area (Å²) in [5.41, 5.74) is 12.7. The number of hydrogen-bond acceptors (Lipinski definition) is 0. The molecule has 0 radical (unpaired) electrons. The van der Waals surface area contributed by atoms with Gasteiger partial charge < -0.3 is 7.43 Å². The van der Waals surface area contributed by atoms with Crippen LogP contribution < -0.4 is 0 Å². The fraction of sp³-hybridized carbons (Fsp3) is 0.368. The molecule has 1 unspecified atom stereocenters. The van der Waals surface area contributed by atoms with Gasteiger partial charge in [0.15, 0.2) is 0 Å². The van der Waals surface area contributed by atoms with Crippen molar-refractivity contribution in [2.45, 2.75) is 86.5 Å². The standard InChI is InChI=1S/C21H25.C8H11.C7H7.CH3.CH2.Zr/c1-20(2,3)16-7-9-18-14(12-16)11-15-13-17(21(4,5)6)8-10-19(15)18;1-6-4-7(2)8(3)5-6;1-7-5-3-2-4-6-7;;;/h7-10,12H,11H2,1-6H3;4,6H,1-3H3;3-6H,1H3;1H3;1H2;/q4*-1;;. The number of rotatable bonds is 0. The summed E-state index contributed by atoms with van der Waals surface area (Å²) in [7, 11) is 0. The Bertz CT molecular complexity index is 1180. The van der Waals surface area contributed by atoms with E-state index in [1.807, 2.05) is 24.3 Å². The van der Waals surface area contributed by atoms with Crippen molar-refractivity contribution in [2.24, 2.45) is 5.92 Å². The summed E-state index contributed by atoms with van der Waals surface area (Å²) in [6.45, 7) is 22.1. The average Bonchev–Trinajstić information content (AvgIpc) is 3.37. The Morgan fingerprint density at radius 1 is 0.821 bits per heavy atom. The Hall–Kier alpha value is -2.11. The smallest absolute Gasteiger partial charge is 0.358 e. The molecule has 0 bridgehead atoms. The normalized spacial score (nSPS) is 14.8. The number of aryl methyl sites for hydroxylation is 1. The van der Waals surface area contributed by atoms with E-state index < -0.39 is 0 Å². The van der Waals surface area contributed by atoms with Crippen molar-refractivity contribution in [1.82, 2.24) is 0 Å². The van der Waals surface area contributed by atoms with E-state index in [0.29, 0.717) is 5.92 Å². The molecule has 3 aromatic rings. The molecule has 1 atom stereocenters. The van der Waals surface area contributed by atoms with Crippen molar-refractivity contribution in [3.8, 4) is 11.1 Å². The third-order valence-corrected chi connectivity index (χ3v) is 6.88. The van der Waals surface area contributed by atoms with Crippen LogP contribution in [0.2, 0.25) is 0 Å². The van der Waals surface area contributed by atoms with Gasteiger partial charge >= 0.3 is 28.4 Å².